The summed E-state index contributed by atoms with van der Waals surface area (Å²) in [6, 6.07) is 6.46. The highest BCUT2D eigenvalue weighted by Gasteiger charge is 2.04. The number of nitrogens with zero attached hydrogens (tertiary/aromatic N) is 1. The Hall–Kier alpha value is -0.770. The quantitative estimate of drug-likeness (QED) is 0.742. The Morgan fingerprint density at radius 2 is 2.05 bits per heavy atom. The van der Waals surface area contributed by atoms with Gasteiger partial charge in [0.15, 0.2) is 0 Å². The fourth-order valence-corrected chi connectivity index (χ4v) is 1.91. The summed E-state index contributed by atoms with van der Waals surface area (Å²) >= 11 is 6.22. The topological polar surface area (TPSA) is 24.5 Å². The first-order chi connectivity index (χ1) is 8.99. The van der Waals surface area contributed by atoms with E-state index in [1.54, 1.807) is 0 Å². The largest absolute Gasteiger partial charge is 0.492 e. The van der Waals surface area contributed by atoms with Crippen molar-refractivity contribution in [2.45, 2.75) is 32.9 Å². The summed E-state index contributed by atoms with van der Waals surface area (Å²) < 4.78 is 5.69. The van der Waals surface area contributed by atoms with Crippen LogP contribution in [0.1, 0.15) is 25.8 Å². The second kappa shape index (κ2) is 8.41. The zero-order chi connectivity index (χ0) is 14.3. The van der Waals surface area contributed by atoms with Crippen LogP contribution in [0.4, 0.5) is 0 Å². The summed E-state index contributed by atoms with van der Waals surface area (Å²) in [4.78, 5) is 2.14. The van der Waals surface area contributed by atoms with Crippen molar-refractivity contribution in [3.63, 3.8) is 0 Å². The number of hydrogen-bond acceptors (Lipinski definition) is 3. The third kappa shape index (κ3) is 6.81. The molecule has 0 radical (unpaired) electrons. The van der Waals surface area contributed by atoms with Gasteiger partial charge in [-0.05, 0) is 38.2 Å². The van der Waals surface area contributed by atoms with E-state index in [2.05, 4.69) is 44.2 Å². The first-order valence-corrected chi connectivity index (χ1v) is 7.16. The van der Waals surface area contributed by atoms with Crippen LogP contribution in [0.2, 0.25) is 5.02 Å². The normalized spacial score (nSPS) is 11.3. The molecule has 0 spiro atoms. The number of hydrogen-bond donors (Lipinski definition) is 1. The Balaban J connectivity index is 2.43. The van der Waals surface area contributed by atoms with E-state index in [1.807, 2.05) is 12.1 Å². The average molecular weight is 285 g/mol. The van der Waals surface area contributed by atoms with E-state index in [0.29, 0.717) is 17.7 Å². The molecule has 3 nitrogen and oxygen atoms in total. The van der Waals surface area contributed by atoms with Crippen molar-refractivity contribution in [1.82, 2.24) is 10.2 Å². The minimum atomic E-state index is 0.473. The molecule has 1 rings (SSSR count). The van der Waals surface area contributed by atoms with Crippen LogP contribution >= 0.6 is 11.6 Å². The highest BCUT2D eigenvalue weighted by atomic mass is 35.5. The summed E-state index contributed by atoms with van der Waals surface area (Å²) in [5, 5.41) is 4.06. The first kappa shape index (κ1) is 16.3. The third-order valence-corrected chi connectivity index (χ3v) is 3.01. The van der Waals surface area contributed by atoms with Gasteiger partial charge < -0.3 is 15.0 Å². The zero-order valence-corrected chi connectivity index (χ0v) is 13.1. The van der Waals surface area contributed by atoms with Gasteiger partial charge in [-0.3, -0.25) is 0 Å². The number of benzene rings is 1. The van der Waals surface area contributed by atoms with Crippen LogP contribution < -0.4 is 10.1 Å². The molecule has 0 saturated carbocycles. The number of nitrogens with one attached hydrogen (secondary N) is 1. The molecule has 19 heavy (non-hydrogen) atoms. The minimum Gasteiger partial charge on any atom is -0.492 e. The zero-order valence-electron chi connectivity index (χ0n) is 12.4. The Kier molecular flexibility index (Phi) is 7.21. The van der Waals surface area contributed by atoms with Gasteiger partial charge in [0.1, 0.15) is 5.75 Å². The van der Waals surface area contributed by atoms with Gasteiger partial charge in [0, 0.05) is 19.1 Å². The van der Waals surface area contributed by atoms with Gasteiger partial charge in [-0.2, -0.15) is 0 Å². The molecule has 0 unspecified atom stereocenters. The smallest absolute Gasteiger partial charge is 0.137 e. The van der Waals surface area contributed by atoms with Gasteiger partial charge in [-0.1, -0.05) is 31.5 Å². The summed E-state index contributed by atoms with van der Waals surface area (Å²) in [6.07, 6.45) is 1.000. The molecule has 0 bridgehead atoms. The van der Waals surface area contributed by atoms with Crippen molar-refractivity contribution in [3.05, 3.63) is 28.8 Å². The molecule has 4 heteroatoms. The van der Waals surface area contributed by atoms with Gasteiger partial charge in [-0.15, -0.1) is 0 Å². The summed E-state index contributed by atoms with van der Waals surface area (Å²) in [5.41, 5.74) is 1.18. The van der Waals surface area contributed by atoms with Crippen molar-refractivity contribution < 1.29 is 4.74 Å². The average Bonchev–Trinajstić information content (AvgIpc) is 2.33. The van der Waals surface area contributed by atoms with Crippen molar-refractivity contribution in [2.24, 2.45) is 0 Å². The highest BCUT2D eigenvalue weighted by Crippen LogP contribution is 2.25. The number of rotatable bonds is 8. The van der Waals surface area contributed by atoms with E-state index in [1.165, 1.54) is 5.56 Å². The molecule has 0 aliphatic rings. The lowest BCUT2D eigenvalue weighted by Gasteiger charge is -2.13. The second-order valence-electron chi connectivity index (χ2n) is 5.31. The Morgan fingerprint density at radius 1 is 1.32 bits per heavy atom. The van der Waals surface area contributed by atoms with E-state index >= 15 is 0 Å². The fraction of sp³-hybridized carbons (Fsp3) is 0.600. The monoisotopic (exact) mass is 284 g/mol. The molecule has 0 heterocycles. The molecule has 108 valence electrons. The molecule has 1 N–H and O–H groups in total. The lowest BCUT2D eigenvalue weighted by atomic mass is 10.2. The molecule has 0 atom stereocenters. The maximum Gasteiger partial charge on any atom is 0.137 e. The van der Waals surface area contributed by atoms with Crippen molar-refractivity contribution in [2.75, 3.05) is 27.2 Å². The molecule has 0 aromatic heterocycles. The molecule has 0 amide bonds. The van der Waals surface area contributed by atoms with Crippen molar-refractivity contribution in [1.29, 1.82) is 0 Å². The van der Waals surface area contributed by atoms with Crippen molar-refractivity contribution in [3.8, 4) is 5.75 Å². The van der Waals surface area contributed by atoms with E-state index in [9.17, 15) is 0 Å². The molecule has 0 fully saturated rings. The summed E-state index contributed by atoms with van der Waals surface area (Å²) in [7, 11) is 4.12. The summed E-state index contributed by atoms with van der Waals surface area (Å²) in [6.45, 7) is 6.81. The molecule has 0 saturated heterocycles. The van der Waals surface area contributed by atoms with Crippen LogP contribution in [-0.2, 0) is 6.54 Å². The number of ether oxygens (including phenoxy) is 1. The van der Waals surface area contributed by atoms with Gasteiger partial charge in [0.25, 0.3) is 0 Å². The second-order valence-corrected chi connectivity index (χ2v) is 5.71. The van der Waals surface area contributed by atoms with Gasteiger partial charge in [-0.25, -0.2) is 0 Å². The molecule has 0 aliphatic carbocycles. The molecular formula is C15H25ClN2O. The van der Waals surface area contributed by atoms with Crippen LogP contribution in [0.3, 0.4) is 0 Å². The molecule has 1 aromatic carbocycles. The lowest BCUT2D eigenvalue weighted by molar-refractivity contribution is 0.281. The Morgan fingerprint density at radius 3 is 2.63 bits per heavy atom. The third-order valence-electron chi connectivity index (χ3n) is 2.72. The number of halogens is 1. The maximum absolute atomic E-state index is 6.22. The standard InChI is InChI=1S/C15H25ClN2O/c1-12(2)17-11-13-6-7-15(14(16)10-13)19-9-5-8-18(3)4/h6-7,10,12,17H,5,8-9,11H2,1-4H3. The predicted molar refractivity (Wildman–Crippen MR) is 82.1 cm³/mol. The van der Waals surface area contributed by atoms with Gasteiger partial charge in [0.2, 0.25) is 0 Å². The lowest BCUT2D eigenvalue weighted by Crippen LogP contribution is -2.21. The van der Waals surface area contributed by atoms with Crippen LogP contribution in [0.25, 0.3) is 0 Å². The maximum atomic E-state index is 6.22. The van der Waals surface area contributed by atoms with E-state index < -0.39 is 0 Å². The summed E-state index contributed by atoms with van der Waals surface area (Å²) in [5.74, 6) is 0.772. The Labute approximate surface area is 121 Å². The fourth-order valence-electron chi connectivity index (χ4n) is 1.66. The van der Waals surface area contributed by atoms with E-state index in [0.717, 1.165) is 25.3 Å². The predicted octanol–water partition coefficient (Wildman–Crippen LogP) is 3.17. The molecule has 1 aromatic rings. The van der Waals surface area contributed by atoms with E-state index in [4.69, 9.17) is 16.3 Å². The van der Waals surface area contributed by atoms with E-state index in [-0.39, 0.29) is 0 Å². The van der Waals surface area contributed by atoms with Crippen LogP contribution in [-0.4, -0.2) is 38.2 Å². The molecular weight excluding hydrogens is 260 g/mol. The molecule has 0 aliphatic heterocycles. The van der Waals surface area contributed by atoms with Gasteiger partial charge >= 0.3 is 0 Å². The van der Waals surface area contributed by atoms with Gasteiger partial charge in [0.05, 0.1) is 11.6 Å². The van der Waals surface area contributed by atoms with Crippen LogP contribution in [0, 0.1) is 0 Å². The highest BCUT2D eigenvalue weighted by molar-refractivity contribution is 6.32. The Bertz CT molecular complexity index is 380. The first-order valence-electron chi connectivity index (χ1n) is 6.78. The van der Waals surface area contributed by atoms with Crippen molar-refractivity contribution >= 4 is 11.6 Å². The SMILES string of the molecule is CC(C)NCc1ccc(OCCCN(C)C)c(Cl)c1. The van der Waals surface area contributed by atoms with Crippen LogP contribution in [0.15, 0.2) is 18.2 Å². The van der Waals surface area contributed by atoms with Crippen LogP contribution in [0.5, 0.6) is 5.75 Å². The minimum absolute atomic E-state index is 0.473.